The summed E-state index contributed by atoms with van der Waals surface area (Å²) in [4.78, 5) is 4.31. The van der Waals surface area contributed by atoms with Crippen molar-refractivity contribution < 1.29 is 4.39 Å². The molecule has 0 saturated carbocycles. The van der Waals surface area contributed by atoms with Crippen molar-refractivity contribution in [1.82, 2.24) is 4.98 Å². The Morgan fingerprint density at radius 2 is 2.06 bits per heavy atom. The molecule has 2 aromatic rings. The van der Waals surface area contributed by atoms with Crippen LogP contribution in [0.2, 0.25) is 0 Å². The molecule has 90 valence electrons. The van der Waals surface area contributed by atoms with Gasteiger partial charge in [-0.2, -0.15) is 0 Å². The monoisotopic (exact) mass is 232 g/mol. The van der Waals surface area contributed by atoms with Crippen LogP contribution in [0.3, 0.4) is 0 Å². The van der Waals surface area contributed by atoms with Crippen LogP contribution in [0.1, 0.15) is 19.5 Å². The topological polar surface area (TPSA) is 38.9 Å². The maximum absolute atomic E-state index is 13.9. The van der Waals surface area contributed by atoms with Gasteiger partial charge in [-0.1, -0.05) is 26.0 Å². The molecule has 0 fully saturated rings. The molecule has 17 heavy (non-hydrogen) atoms. The van der Waals surface area contributed by atoms with Crippen LogP contribution < -0.4 is 5.73 Å². The fourth-order valence-electron chi connectivity index (χ4n) is 1.92. The Kier molecular flexibility index (Phi) is 3.11. The van der Waals surface area contributed by atoms with Gasteiger partial charge in [-0.3, -0.25) is 4.98 Å². The van der Waals surface area contributed by atoms with Crippen molar-refractivity contribution in [2.75, 3.05) is 6.54 Å². The highest BCUT2D eigenvalue weighted by atomic mass is 19.1. The first-order chi connectivity index (χ1) is 8.03. The Hall–Kier alpha value is -1.48. The minimum atomic E-state index is -0.210. The summed E-state index contributed by atoms with van der Waals surface area (Å²) >= 11 is 0. The van der Waals surface area contributed by atoms with Gasteiger partial charge in [0.15, 0.2) is 0 Å². The molecule has 0 atom stereocenters. The van der Waals surface area contributed by atoms with E-state index >= 15 is 0 Å². The number of halogens is 1. The summed E-state index contributed by atoms with van der Waals surface area (Å²) in [7, 11) is 0. The second kappa shape index (κ2) is 4.41. The average molecular weight is 232 g/mol. The summed E-state index contributed by atoms with van der Waals surface area (Å²) in [5, 5.41) is 1.51. The Bertz CT molecular complexity index is 529. The van der Waals surface area contributed by atoms with E-state index in [1.54, 1.807) is 12.3 Å². The SMILES string of the molecule is CC(C)(CN)Cc1nccc2cccc(F)c12. The Morgan fingerprint density at radius 3 is 2.76 bits per heavy atom. The maximum Gasteiger partial charge on any atom is 0.132 e. The molecule has 1 aromatic carbocycles. The smallest absolute Gasteiger partial charge is 0.132 e. The summed E-state index contributed by atoms with van der Waals surface area (Å²) in [6.45, 7) is 4.68. The lowest BCUT2D eigenvalue weighted by molar-refractivity contribution is 0.373. The van der Waals surface area contributed by atoms with Gasteiger partial charge in [-0.05, 0) is 35.9 Å². The number of pyridine rings is 1. The van der Waals surface area contributed by atoms with Gasteiger partial charge < -0.3 is 5.73 Å². The molecule has 0 aliphatic carbocycles. The van der Waals surface area contributed by atoms with E-state index in [0.717, 1.165) is 11.1 Å². The first-order valence-corrected chi connectivity index (χ1v) is 5.76. The highest BCUT2D eigenvalue weighted by Crippen LogP contribution is 2.26. The van der Waals surface area contributed by atoms with E-state index in [1.165, 1.54) is 6.07 Å². The van der Waals surface area contributed by atoms with Crippen molar-refractivity contribution in [2.45, 2.75) is 20.3 Å². The number of benzene rings is 1. The van der Waals surface area contributed by atoms with Crippen LogP contribution in [0.4, 0.5) is 4.39 Å². The number of hydrogen-bond acceptors (Lipinski definition) is 2. The minimum absolute atomic E-state index is 0.0659. The van der Waals surface area contributed by atoms with E-state index in [0.29, 0.717) is 18.4 Å². The van der Waals surface area contributed by atoms with Crippen molar-refractivity contribution in [3.63, 3.8) is 0 Å². The molecule has 0 aliphatic heterocycles. The van der Waals surface area contributed by atoms with Gasteiger partial charge in [0.05, 0.1) is 5.69 Å². The fraction of sp³-hybridized carbons (Fsp3) is 0.357. The van der Waals surface area contributed by atoms with Crippen LogP contribution >= 0.6 is 0 Å². The largest absolute Gasteiger partial charge is 0.330 e. The van der Waals surface area contributed by atoms with Crippen LogP contribution in [0, 0.1) is 11.2 Å². The molecular formula is C14H17FN2. The van der Waals surface area contributed by atoms with Crippen LogP contribution in [0.15, 0.2) is 30.5 Å². The summed E-state index contributed by atoms with van der Waals surface area (Å²) in [6.07, 6.45) is 2.41. The number of rotatable bonds is 3. The van der Waals surface area contributed by atoms with E-state index in [2.05, 4.69) is 18.8 Å². The van der Waals surface area contributed by atoms with Crippen LogP contribution in [0.5, 0.6) is 0 Å². The molecule has 0 unspecified atom stereocenters. The second-order valence-electron chi connectivity index (χ2n) is 5.14. The number of nitrogens with two attached hydrogens (primary N) is 1. The number of nitrogens with zero attached hydrogens (tertiary/aromatic N) is 1. The van der Waals surface area contributed by atoms with Gasteiger partial charge in [0.1, 0.15) is 5.82 Å². The lowest BCUT2D eigenvalue weighted by Crippen LogP contribution is -2.26. The summed E-state index contributed by atoms with van der Waals surface area (Å²) < 4.78 is 13.9. The molecular weight excluding hydrogens is 215 g/mol. The summed E-state index contributed by atoms with van der Waals surface area (Å²) in [6, 6.07) is 6.93. The predicted octanol–water partition coefficient (Wildman–Crippen LogP) is 2.90. The minimum Gasteiger partial charge on any atom is -0.330 e. The van der Waals surface area contributed by atoms with E-state index in [1.807, 2.05) is 12.1 Å². The lowest BCUT2D eigenvalue weighted by atomic mass is 9.86. The summed E-state index contributed by atoms with van der Waals surface area (Å²) in [5.74, 6) is -0.210. The molecule has 0 amide bonds. The maximum atomic E-state index is 13.9. The normalized spacial score (nSPS) is 12.0. The quantitative estimate of drug-likeness (QED) is 0.883. The van der Waals surface area contributed by atoms with Gasteiger partial charge >= 0.3 is 0 Å². The number of hydrogen-bond donors (Lipinski definition) is 1. The standard InChI is InChI=1S/C14H17FN2/c1-14(2,9-16)8-12-13-10(6-7-17-12)4-3-5-11(13)15/h3-7H,8-9,16H2,1-2H3. The molecule has 2 nitrogen and oxygen atoms in total. The van der Waals surface area contributed by atoms with Gasteiger partial charge in [-0.25, -0.2) is 4.39 Å². The van der Waals surface area contributed by atoms with E-state index in [4.69, 9.17) is 5.73 Å². The Labute approximate surface area is 101 Å². The van der Waals surface area contributed by atoms with E-state index < -0.39 is 0 Å². The van der Waals surface area contributed by atoms with Crippen molar-refractivity contribution in [3.05, 3.63) is 42.0 Å². The van der Waals surface area contributed by atoms with Crippen molar-refractivity contribution >= 4 is 10.8 Å². The van der Waals surface area contributed by atoms with Crippen LogP contribution in [-0.2, 0) is 6.42 Å². The van der Waals surface area contributed by atoms with Gasteiger partial charge in [0, 0.05) is 11.6 Å². The molecule has 2 N–H and O–H groups in total. The highest BCUT2D eigenvalue weighted by molar-refractivity contribution is 5.85. The molecule has 0 aliphatic rings. The molecule has 3 heteroatoms. The van der Waals surface area contributed by atoms with E-state index in [-0.39, 0.29) is 11.2 Å². The third-order valence-electron chi connectivity index (χ3n) is 3.02. The predicted molar refractivity (Wildman–Crippen MR) is 68.2 cm³/mol. The van der Waals surface area contributed by atoms with Gasteiger partial charge in [0.25, 0.3) is 0 Å². The van der Waals surface area contributed by atoms with Gasteiger partial charge in [0.2, 0.25) is 0 Å². The first-order valence-electron chi connectivity index (χ1n) is 5.76. The second-order valence-corrected chi connectivity index (χ2v) is 5.14. The third kappa shape index (κ3) is 2.44. The molecule has 0 bridgehead atoms. The number of aromatic nitrogens is 1. The molecule has 2 rings (SSSR count). The highest BCUT2D eigenvalue weighted by Gasteiger charge is 2.19. The first kappa shape index (κ1) is 12.0. The van der Waals surface area contributed by atoms with Crippen molar-refractivity contribution in [2.24, 2.45) is 11.1 Å². The third-order valence-corrected chi connectivity index (χ3v) is 3.02. The Balaban J connectivity index is 2.54. The average Bonchev–Trinajstić information content (AvgIpc) is 2.29. The van der Waals surface area contributed by atoms with Crippen molar-refractivity contribution in [3.8, 4) is 0 Å². The molecule has 1 heterocycles. The molecule has 0 spiro atoms. The number of fused-ring (bicyclic) bond motifs is 1. The summed E-state index contributed by atoms with van der Waals surface area (Å²) in [5.41, 5.74) is 6.44. The zero-order valence-corrected chi connectivity index (χ0v) is 10.2. The molecule has 0 saturated heterocycles. The van der Waals surface area contributed by atoms with Crippen LogP contribution in [0.25, 0.3) is 10.8 Å². The van der Waals surface area contributed by atoms with Crippen molar-refractivity contribution in [1.29, 1.82) is 0 Å². The zero-order valence-electron chi connectivity index (χ0n) is 10.2. The van der Waals surface area contributed by atoms with E-state index in [9.17, 15) is 4.39 Å². The molecule has 1 aromatic heterocycles. The van der Waals surface area contributed by atoms with Crippen LogP contribution in [-0.4, -0.2) is 11.5 Å². The fourth-order valence-corrected chi connectivity index (χ4v) is 1.92. The van der Waals surface area contributed by atoms with Gasteiger partial charge in [-0.15, -0.1) is 0 Å². The zero-order chi connectivity index (χ0) is 12.5. The lowest BCUT2D eigenvalue weighted by Gasteiger charge is -2.22. The Morgan fingerprint density at radius 1 is 1.29 bits per heavy atom. The molecule has 0 radical (unpaired) electrons.